The van der Waals surface area contributed by atoms with Crippen molar-refractivity contribution in [3.05, 3.63) is 0 Å². The number of hydrogen-bond donors (Lipinski definition) is 0. The monoisotopic (exact) mass is 342 g/mol. The average Bonchev–Trinajstić information content (AvgIpc) is 2.55. The van der Waals surface area contributed by atoms with E-state index in [-0.39, 0.29) is 0 Å². The summed E-state index contributed by atoms with van der Waals surface area (Å²) < 4.78 is 0. The average molecular weight is 343 g/mol. The van der Waals surface area contributed by atoms with Gasteiger partial charge in [0.1, 0.15) is 0 Å². The summed E-state index contributed by atoms with van der Waals surface area (Å²) in [7, 11) is 1.20. The van der Waals surface area contributed by atoms with Gasteiger partial charge in [0.05, 0.1) is 0 Å². The summed E-state index contributed by atoms with van der Waals surface area (Å²) in [5.41, 5.74) is 0. The van der Waals surface area contributed by atoms with Crippen LogP contribution in [0.4, 0.5) is 0 Å². The molecular formula is C22H47P. The van der Waals surface area contributed by atoms with Gasteiger partial charge in [-0.25, -0.2) is 0 Å². The Kier molecular flexibility index (Phi) is 16.2. The Hall–Kier alpha value is 0.430. The number of rotatable bonds is 16. The van der Waals surface area contributed by atoms with Gasteiger partial charge >= 0.3 is 0 Å². The molecule has 0 N–H and O–H groups in total. The molecule has 1 heteroatoms. The second kappa shape index (κ2) is 15.9. The largest absolute Gasteiger partial charge is 0.122 e. The van der Waals surface area contributed by atoms with Crippen LogP contribution in [0.3, 0.4) is 0 Å². The molecule has 0 rings (SSSR count). The molecule has 0 aliphatic rings. The lowest BCUT2D eigenvalue weighted by Crippen LogP contribution is -2.07. The van der Waals surface area contributed by atoms with E-state index in [1.54, 1.807) is 0 Å². The van der Waals surface area contributed by atoms with Gasteiger partial charge in [0.25, 0.3) is 0 Å². The second-order valence-electron chi connectivity index (χ2n) is 8.15. The summed E-state index contributed by atoms with van der Waals surface area (Å²) in [5, 5.41) is 0. The third-order valence-electron chi connectivity index (χ3n) is 5.67. The van der Waals surface area contributed by atoms with E-state index in [0.29, 0.717) is 0 Å². The molecule has 0 aromatic rings. The van der Waals surface area contributed by atoms with Gasteiger partial charge in [-0.05, 0) is 36.0 Å². The first-order chi connectivity index (χ1) is 11.1. The molecule has 0 aromatic heterocycles. The van der Waals surface area contributed by atoms with Crippen molar-refractivity contribution in [1.82, 2.24) is 0 Å². The van der Waals surface area contributed by atoms with Crippen LogP contribution in [0.2, 0.25) is 0 Å². The van der Waals surface area contributed by atoms with Crippen LogP contribution < -0.4 is 0 Å². The molecule has 23 heavy (non-hydrogen) atoms. The van der Waals surface area contributed by atoms with Crippen LogP contribution >= 0.6 is 8.58 Å². The van der Waals surface area contributed by atoms with Crippen LogP contribution in [-0.2, 0) is 0 Å². The molecule has 0 amide bonds. The zero-order valence-electron chi connectivity index (χ0n) is 17.3. The Morgan fingerprint density at radius 3 is 1.26 bits per heavy atom. The molecule has 0 heterocycles. The van der Waals surface area contributed by atoms with Crippen molar-refractivity contribution >= 4 is 8.58 Å². The van der Waals surface area contributed by atoms with Crippen LogP contribution in [0.5, 0.6) is 0 Å². The Bertz CT molecular complexity index is 214. The van der Waals surface area contributed by atoms with E-state index in [9.17, 15) is 0 Å². The zero-order chi connectivity index (χ0) is 17.5. The van der Waals surface area contributed by atoms with Crippen molar-refractivity contribution in [3.63, 3.8) is 0 Å². The fraction of sp³-hybridized carbons (Fsp3) is 1.00. The van der Waals surface area contributed by atoms with Crippen LogP contribution in [0.15, 0.2) is 0 Å². The maximum absolute atomic E-state index is 2.49. The third-order valence-corrected chi connectivity index (χ3v) is 7.64. The summed E-state index contributed by atoms with van der Waals surface area (Å²) in [6, 6.07) is 0. The van der Waals surface area contributed by atoms with Crippen LogP contribution in [0, 0.1) is 23.7 Å². The minimum atomic E-state index is 0.954. The Labute approximate surface area is 150 Å². The molecule has 0 bridgehead atoms. The van der Waals surface area contributed by atoms with E-state index in [1.807, 2.05) is 0 Å². The van der Waals surface area contributed by atoms with E-state index in [4.69, 9.17) is 0 Å². The van der Waals surface area contributed by atoms with Crippen molar-refractivity contribution < 1.29 is 0 Å². The quantitative estimate of drug-likeness (QED) is 0.248. The third kappa shape index (κ3) is 13.4. The highest BCUT2D eigenvalue weighted by Gasteiger charge is 2.11. The molecule has 4 atom stereocenters. The SMILES string of the molecule is CCCC(CC)CCC(C)CPCC(C)CCC(CC)CCC. The van der Waals surface area contributed by atoms with Crippen LogP contribution in [-0.4, -0.2) is 12.3 Å². The highest BCUT2D eigenvalue weighted by molar-refractivity contribution is 7.37. The summed E-state index contributed by atoms with van der Waals surface area (Å²) in [4.78, 5) is 0. The number of hydrogen-bond acceptors (Lipinski definition) is 0. The molecule has 4 unspecified atom stereocenters. The molecule has 0 aromatic carbocycles. The minimum absolute atomic E-state index is 0.954. The first-order valence-corrected chi connectivity index (χ1v) is 12.2. The van der Waals surface area contributed by atoms with E-state index in [0.717, 1.165) is 23.7 Å². The summed E-state index contributed by atoms with van der Waals surface area (Å²) in [6.07, 6.45) is 17.2. The van der Waals surface area contributed by atoms with Crippen molar-refractivity contribution in [2.75, 3.05) is 12.3 Å². The minimum Gasteiger partial charge on any atom is -0.122 e. The van der Waals surface area contributed by atoms with E-state index in [1.165, 1.54) is 85.1 Å². The van der Waals surface area contributed by atoms with Crippen molar-refractivity contribution in [1.29, 1.82) is 0 Å². The highest BCUT2D eigenvalue weighted by atomic mass is 31.1. The van der Waals surface area contributed by atoms with Gasteiger partial charge in [0.15, 0.2) is 0 Å². The Morgan fingerprint density at radius 2 is 0.957 bits per heavy atom. The summed E-state index contributed by atoms with van der Waals surface area (Å²) in [6.45, 7) is 14.4. The van der Waals surface area contributed by atoms with Gasteiger partial charge in [-0.15, -0.1) is 8.58 Å². The topological polar surface area (TPSA) is 0 Å². The first-order valence-electron chi connectivity index (χ1n) is 10.8. The fourth-order valence-electron chi connectivity index (χ4n) is 3.74. The molecular weight excluding hydrogens is 295 g/mol. The zero-order valence-corrected chi connectivity index (χ0v) is 18.3. The van der Waals surface area contributed by atoms with E-state index in [2.05, 4.69) is 41.5 Å². The predicted octanol–water partition coefficient (Wildman–Crippen LogP) is 8.15. The highest BCUT2D eigenvalue weighted by Crippen LogP contribution is 2.28. The maximum atomic E-state index is 2.49. The van der Waals surface area contributed by atoms with Gasteiger partial charge in [0, 0.05) is 0 Å². The molecule has 140 valence electrons. The lowest BCUT2D eigenvalue weighted by Gasteiger charge is -2.19. The smallest absolute Gasteiger partial charge is 0.0328 e. The molecule has 0 saturated carbocycles. The fourth-order valence-corrected chi connectivity index (χ4v) is 5.30. The molecule has 0 fully saturated rings. The summed E-state index contributed by atoms with van der Waals surface area (Å²) >= 11 is 0. The molecule has 0 saturated heterocycles. The van der Waals surface area contributed by atoms with Crippen molar-refractivity contribution in [3.8, 4) is 0 Å². The summed E-state index contributed by atoms with van der Waals surface area (Å²) in [5.74, 6) is 3.90. The van der Waals surface area contributed by atoms with Crippen molar-refractivity contribution in [2.24, 2.45) is 23.7 Å². The molecule has 0 spiro atoms. The molecule has 0 aliphatic carbocycles. The second-order valence-corrected chi connectivity index (χ2v) is 9.47. The van der Waals surface area contributed by atoms with E-state index >= 15 is 0 Å². The standard InChI is InChI=1S/C22H47P/c1-7-11-21(9-3)15-13-19(5)17-23-18-20(6)14-16-22(10-4)12-8-2/h19-23H,7-18H2,1-6H3. The van der Waals surface area contributed by atoms with Gasteiger partial charge in [-0.2, -0.15) is 0 Å². The van der Waals surface area contributed by atoms with E-state index < -0.39 is 0 Å². The first kappa shape index (κ1) is 23.4. The maximum Gasteiger partial charge on any atom is -0.0328 e. The lowest BCUT2D eigenvalue weighted by atomic mass is 9.92. The van der Waals surface area contributed by atoms with Gasteiger partial charge in [0.2, 0.25) is 0 Å². The van der Waals surface area contributed by atoms with Gasteiger partial charge < -0.3 is 0 Å². The molecule has 0 aliphatic heterocycles. The lowest BCUT2D eigenvalue weighted by molar-refractivity contribution is 0.386. The predicted molar refractivity (Wildman–Crippen MR) is 112 cm³/mol. The Morgan fingerprint density at radius 1 is 0.565 bits per heavy atom. The Balaban J connectivity index is 3.71. The van der Waals surface area contributed by atoms with Crippen molar-refractivity contribution in [2.45, 2.75) is 106 Å². The normalized spacial score (nSPS) is 17.5. The van der Waals surface area contributed by atoms with Gasteiger partial charge in [-0.1, -0.05) is 106 Å². The van der Waals surface area contributed by atoms with Crippen LogP contribution in [0.25, 0.3) is 0 Å². The molecule has 0 radical (unpaired) electrons. The van der Waals surface area contributed by atoms with Gasteiger partial charge in [-0.3, -0.25) is 0 Å². The molecule has 0 nitrogen and oxygen atoms in total. The van der Waals surface area contributed by atoms with Crippen LogP contribution in [0.1, 0.15) is 106 Å².